The topological polar surface area (TPSA) is 70.7 Å². The summed E-state index contributed by atoms with van der Waals surface area (Å²) in [6.07, 6.45) is 2.35. The zero-order valence-corrected chi connectivity index (χ0v) is 16.6. The maximum atomic E-state index is 12.6. The Morgan fingerprint density at radius 3 is 2.68 bits per heavy atom. The van der Waals surface area contributed by atoms with Crippen LogP contribution in [-0.4, -0.2) is 27.4 Å². The molecule has 0 atom stereocenters. The van der Waals surface area contributed by atoms with Crippen LogP contribution < -0.4 is 5.32 Å². The van der Waals surface area contributed by atoms with Gasteiger partial charge in [0.2, 0.25) is 0 Å². The molecule has 142 valence electrons. The molecule has 4 rings (SSSR count). The van der Waals surface area contributed by atoms with Gasteiger partial charge in [-0.05, 0) is 31.0 Å². The zero-order valence-electron chi connectivity index (χ0n) is 15.7. The van der Waals surface area contributed by atoms with Crippen molar-refractivity contribution in [3.05, 3.63) is 81.6 Å². The summed E-state index contributed by atoms with van der Waals surface area (Å²) in [5, 5.41) is 3.92. The average Bonchev–Trinajstić information content (AvgIpc) is 3.28. The highest BCUT2D eigenvalue weighted by Crippen LogP contribution is 2.21. The monoisotopic (exact) mass is 390 g/mol. The molecule has 2 aromatic heterocycles. The molecule has 0 saturated heterocycles. The quantitative estimate of drug-likeness (QED) is 0.463. The SMILES string of the molecule is Cc1nc(C(=O)NCCCc2nc3ccccc3[nH]2)c(Cc2ccccc2)s1. The van der Waals surface area contributed by atoms with Gasteiger partial charge < -0.3 is 10.3 Å². The summed E-state index contributed by atoms with van der Waals surface area (Å²) in [4.78, 5) is 26.0. The normalized spacial score (nSPS) is 11.0. The number of rotatable bonds is 7. The van der Waals surface area contributed by atoms with Crippen LogP contribution in [0.15, 0.2) is 54.6 Å². The number of hydrogen-bond acceptors (Lipinski definition) is 4. The summed E-state index contributed by atoms with van der Waals surface area (Å²) < 4.78 is 0. The third-order valence-electron chi connectivity index (χ3n) is 4.54. The van der Waals surface area contributed by atoms with E-state index in [9.17, 15) is 4.79 Å². The fraction of sp³-hybridized carbons (Fsp3) is 0.227. The molecule has 0 radical (unpaired) electrons. The zero-order chi connectivity index (χ0) is 19.3. The fourth-order valence-electron chi connectivity index (χ4n) is 3.21. The Balaban J connectivity index is 1.33. The van der Waals surface area contributed by atoms with Gasteiger partial charge in [0.05, 0.1) is 16.0 Å². The number of aryl methyl sites for hydroxylation is 2. The predicted molar refractivity (Wildman–Crippen MR) is 113 cm³/mol. The molecule has 0 aliphatic carbocycles. The van der Waals surface area contributed by atoms with E-state index in [-0.39, 0.29) is 5.91 Å². The largest absolute Gasteiger partial charge is 0.351 e. The number of amides is 1. The number of aromatic nitrogens is 3. The first-order chi connectivity index (χ1) is 13.7. The lowest BCUT2D eigenvalue weighted by molar-refractivity contribution is 0.0948. The molecule has 2 aromatic carbocycles. The molecule has 0 aliphatic rings. The van der Waals surface area contributed by atoms with E-state index in [1.165, 1.54) is 5.56 Å². The number of carbonyl (C=O) groups excluding carboxylic acids is 1. The third kappa shape index (κ3) is 4.28. The first-order valence-electron chi connectivity index (χ1n) is 9.41. The lowest BCUT2D eigenvalue weighted by Crippen LogP contribution is -2.26. The standard InChI is InChI=1S/C22H22N4OS/c1-15-24-21(19(28-15)14-16-8-3-2-4-9-16)22(27)23-13-7-12-20-25-17-10-5-6-11-18(17)26-20/h2-6,8-11H,7,12-14H2,1H3,(H,23,27)(H,25,26). The Hall–Kier alpha value is -2.99. The number of hydrogen-bond donors (Lipinski definition) is 2. The van der Waals surface area contributed by atoms with Gasteiger partial charge in [-0.1, -0.05) is 42.5 Å². The Kier molecular flexibility index (Phi) is 5.48. The molecule has 2 N–H and O–H groups in total. The number of nitrogens with zero attached hydrogens (tertiary/aromatic N) is 2. The first-order valence-corrected chi connectivity index (χ1v) is 10.2. The molecule has 4 aromatic rings. The minimum atomic E-state index is -0.0973. The molecule has 0 unspecified atom stereocenters. The molecule has 0 saturated carbocycles. The van der Waals surface area contributed by atoms with Crippen LogP contribution >= 0.6 is 11.3 Å². The van der Waals surface area contributed by atoms with Crippen LogP contribution in [0.5, 0.6) is 0 Å². The lowest BCUT2D eigenvalue weighted by atomic mass is 10.1. The van der Waals surface area contributed by atoms with E-state index >= 15 is 0 Å². The second kappa shape index (κ2) is 8.35. The maximum absolute atomic E-state index is 12.6. The molecule has 28 heavy (non-hydrogen) atoms. The van der Waals surface area contributed by atoms with Gasteiger partial charge in [0.15, 0.2) is 0 Å². The van der Waals surface area contributed by atoms with Crippen molar-refractivity contribution in [3.63, 3.8) is 0 Å². The van der Waals surface area contributed by atoms with E-state index in [0.717, 1.165) is 46.0 Å². The number of benzene rings is 2. The van der Waals surface area contributed by atoms with Crippen molar-refractivity contribution in [3.8, 4) is 0 Å². The lowest BCUT2D eigenvalue weighted by Gasteiger charge is -2.05. The Morgan fingerprint density at radius 2 is 1.86 bits per heavy atom. The van der Waals surface area contributed by atoms with E-state index < -0.39 is 0 Å². The van der Waals surface area contributed by atoms with Crippen LogP contribution in [0.3, 0.4) is 0 Å². The smallest absolute Gasteiger partial charge is 0.271 e. The van der Waals surface area contributed by atoms with Crippen LogP contribution in [0.25, 0.3) is 11.0 Å². The first kappa shape index (κ1) is 18.4. The van der Waals surface area contributed by atoms with Crippen LogP contribution in [0, 0.1) is 6.92 Å². The van der Waals surface area contributed by atoms with Crippen molar-refractivity contribution >= 4 is 28.3 Å². The highest BCUT2D eigenvalue weighted by Gasteiger charge is 2.17. The summed E-state index contributed by atoms with van der Waals surface area (Å²) in [6, 6.07) is 18.2. The van der Waals surface area contributed by atoms with E-state index in [1.807, 2.05) is 49.4 Å². The maximum Gasteiger partial charge on any atom is 0.271 e. The van der Waals surface area contributed by atoms with Crippen molar-refractivity contribution in [2.45, 2.75) is 26.2 Å². The molecule has 2 heterocycles. The highest BCUT2D eigenvalue weighted by atomic mass is 32.1. The van der Waals surface area contributed by atoms with Crippen LogP contribution in [0.4, 0.5) is 0 Å². The third-order valence-corrected chi connectivity index (χ3v) is 5.51. The summed E-state index contributed by atoms with van der Waals surface area (Å²) >= 11 is 1.59. The number of nitrogens with one attached hydrogen (secondary N) is 2. The molecule has 5 nitrogen and oxygen atoms in total. The molecule has 0 aliphatic heterocycles. The summed E-state index contributed by atoms with van der Waals surface area (Å²) in [6.45, 7) is 2.54. The van der Waals surface area contributed by atoms with Gasteiger partial charge in [-0.25, -0.2) is 9.97 Å². The van der Waals surface area contributed by atoms with Gasteiger partial charge in [0.1, 0.15) is 11.5 Å². The number of aromatic amines is 1. The van der Waals surface area contributed by atoms with Gasteiger partial charge >= 0.3 is 0 Å². The minimum absolute atomic E-state index is 0.0973. The second-order valence-corrected chi connectivity index (χ2v) is 8.01. The number of para-hydroxylation sites is 2. The Bertz CT molecular complexity index is 1050. The van der Waals surface area contributed by atoms with E-state index in [2.05, 4.69) is 32.4 Å². The molecule has 0 fully saturated rings. The molecule has 0 spiro atoms. The number of carbonyl (C=O) groups is 1. The van der Waals surface area contributed by atoms with Gasteiger partial charge in [-0.3, -0.25) is 4.79 Å². The Labute approximate surface area is 167 Å². The van der Waals surface area contributed by atoms with E-state index in [1.54, 1.807) is 11.3 Å². The summed E-state index contributed by atoms with van der Waals surface area (Å²) in [5.41, 5.74) is 3.76. The van der Waals surface area contributed by atoms with Crippen molar-refractivity contribution in [2.75, 3.05) is 6.54 Å². The summed E-state index contributed by atoms with van der Waals surface area (Å²) in [7, 11) is 0. The molecular weight excluding hydrogens is 368 g/mol. The van der Waals surface area contributed by atoms with Gasteiger partial charge in [-0.15, -0.1) is 11.3 Å². The average molecular weight is 391 g/mol. The highest BCUT2D eigenvalue weighted by molar-refractivity contribution is 7.11. The van der Waals surface area contributed by atoms with Gasteiger partial charge in [-0.2, -0.15) is 0 Å². The fourth-order valence-corrected chi connectivity index (χ4v) is 4.18. The van der Waals surface area contributed by atoms with Crippen molar-refractivity contribution in [2.24, 2.45) is 0 Å². The molecule has 0 bridgehead atoms. The number of fused-ring (bicyclic) bond motifs is 1. The van der Waals surface area contributed by atoms with Crippen LogP contribution in [0.1, 0.15) is 38.2 Å². The van der Waals surface area contributed by atoms with Crippen molar-refractivity contribution in [1.82, 2.24) is 20.3 Å². The minimum Gasteiger partial charge on any atom is -0.351 e. The van der Waals surface area contributed by atoms with Crippen molar-refractivity contribution in [1.29, 1.82) is 0 Å². The number of thiazole rings is 1. The van der Waals surface area contributed by atoms with Gasteiger partial charge in [0, 0.05) is 24.3 Å². The molecule has 6 heteroatoms. The number of imidazole rings is 1. The van der Waals surface area contributed by atoms with E-state index in [4.69, 9.17) is 0 Å². The Morgan fingerprint density at radius 1 is 1.07 bits per heavy atom. The molecule has 1 amide bonds. The summed E-state index contributed by atoms with van der Waals surface area (Å²) in [5.74, 6) is 0.851. The van der Waals surface area contributed by atoms with E-state index in [0.29, 0.717) is 12.2 Å². The van der Waals surface area contributed by atoms with Gasteiger partial charge in [0.25, 0.3) is 5.91 Å². The number of H-pyrrole nitrogens is 1. The second-order valence-electron chi connectivity index (χ2n) is 6.73. The predicted octanol–water partition coefficient (Wildman–Crippen LogP) is 4.28. The van der Waals surface area contributed by atoms with Crippen LogP contribution in [0.2, 0.25) is 0 Å². The molecular formula is C22H22N4OS. The van der Waals surface area contributed by atoms with Crippen molar-refractivity contribution < 1.29 is 4.79 Å². The van der Waals surface area contributed by atoms with Crippen LogP contribution in [-0.2, 0) is 12.8 Å².